The van der Waals surface area contributed by atoms with E-state index in [1.54, 1.807) is 12.0 Å². The van der Waals surface area contributed by atoms with E-state index in [1.807, 2.05) is 43.4 Å². The van der Waals surface area contributed by atoms with Gasteiger partial charge in [-0.25, -0.2) is 9.78 Å². The molecule has 1 aromatic heterocycles. The van der Waals surface area contributed by atoms with E-state index in [1.165, 1.54) is 11.1 Å². The van der Waals surface area contributed by atoms with Gasteiger partial charge in [0.1, 0.15) is 11.6 Å². The molecule has 2 aliphatic rings. The van der Waals surface area contributed by atoms with Crippen LogP contribution in [0.4, 0.5) is 10.6 Å². The lowest BCUT2D eigenvalue weighted by Crippen LogP contribution is -2.41. The monoisotopic (exact) mass is 380 g/mol. The van der Waals surface area contributed by atoms with E-state index in [-0.39, 0.29) is 12.1 Å². The number of carbonyl (C=O) groups is 1. The van der Waals surface area contributed by atoms with E-state index < -0.39 is 0 Å². The molecule has 0 N–H and O–H groups in total. The van der Waals surface area contributed by atoms with Gasteiger partial charge in [0.2, 0.25) is 0 Å². The Kier molecular flexibility index (Phi) is 4.87. The smallest absolute Gasteiger partial charge is 0.320 e. The van der Waals surface area contributed by atoms with Crippen molar-refractivity contribution in [1.29, 1.82) is 0 Å². The minimum Gasteiger partial charge on any atom is -0.497 e. The van der Waals surface area contributed by atoms with Crippen LogP contribution < -0.4 is 9.64 Å². The molecular formula is C22H28N4O2. The number of hydrogen-bond acceptors (Lipinski definition) is 4. The van der Waals surface area contributed by atoms with Crippen LogP contribution in [-0.2, 0) is 0 Å². The Balaban J connectivity index is 1.63. The number of rotatable bonds is 3. The first-order valence-electron chi connectivity index (χ1n) is 9.77. The third-order valence-corrected chi connectivity index (χ3v) is 5.97. The molecule has 28 heavy (non-hydrogen) atoms. The molecule has 0 saturated carbocycles. The number of likely N-dealkylation sites (tertiary alicyclic amines) is 1. The predicted molar refractivity (Wildman–Crippen MR) is 110 cm³/mol. The van der Waals surface area contributed by atoms with Gasteiger partial charge >= 0.3 is 6.03 Å². The van der Waals surface area contributed by atoms with Crippen molar-refractivity contribution in [3.8, 4) is 5.75 Å². The molecule has 6 heteroatoms. The maximum atomic E-state index is 12.9. The molecule has 6 nitrogen and oxygen atoms in total. The fraction of sp³-hybridized carbons (Fsp3) is 0.455. The highest BCUT2D eigenvalue weighted by Gasteiger charge is 2.49. The second-order valence-electron chi connectivity index (χ2n) is 8.07. The van der Waals surface area contributed by atoms with Gasteiger partial charge in [-0.2, -0.15) is 0 Å². The van der Waals surface area contributed by atoms with Crippen molar-refractivity contribution in [2.24, 2.45) is 11.8 Å². The molecule has 0 unspecified atom stereocenters. The van der Waals surface area contributed by atoms with Crippen molar-refractivity contribution in [3.63, 3.8) is 0 Å². The fourth-order valence-corrected chi connectivity index (χ4v) is 4.61. The number of amides is 2. The van der Waals surface area contributed by atoms with Gasteiger partial charge in [-0.3, -0.25) is 0 Å². The standard InChI is InChI=1S/C22H28N4O2/c1-15-9-10-23-20(11-15)25-12-17-13-26(22(27)24(2)3)21(19(17)14-25)16-5-7-18(28-4)8-6-16/h5-11,17,19,21H,12-14H2,1-4H3/t17-,19-,21+/m1/s1. The molecule has 2 amide bonds. The van der Waals surface area contributed by atoms with E-state index in [4.69, 9.17) is 4.74 Å². The van der Waals surface area contributed by atoms with Gasteiger partial charge in [0.05, 0.1) is 13.2 Å². The molecule has 2 fully saturated rings. The highest BCUT2D eigenvalue weighted by atomic mass is 16.5. The number of hydrogen-bond donors (Lipinski definition) is 0. The van der Waals surface area contributed by atoms with Gasteiger partial charge in [0, 0.05) is 51.8 Å². The largest absolute Gasteiger partial charge is 0.497 e. The van der Waals surface area contributed by atoms with Gasteiger partial charge in [0.15, 0.2) is 0 Å². The zero-order valence-electron chi connectivity index (χ0n) is 17.0. The van der Waals surface area contributed by atoms with Gasteiger partial charge in [-0.15, -0.1) is 0 Å². The lowest BCUT2D eigenvalue weighted by atomic mass is 9.89. The topological polar surface area (TPSA) is 48.9 Å². The number of aromatic nitrogens is 1. The summed E-state index contributed by atoms with van der Waals surface area (Å²) >= 11 is 0. The molecule has 148 valence electrons. The Morgan fingerprint density at radius 1 is 1.14 bits per heavy atom. The van der Waals surface area contributed by atoms with Gasteiger partial charge in [-0.05, 0) is 42.3 Å². The molecule has 2 aromatic rings. The van der Waals surface area contributed by atoms with Crippen LogP contribution in [0.3, 0.4) is 0 Å². The number of fused-ring (bicyclic) bond motifs is 1. The summed E-state index contributed by atoms with van der Waals surface area (Å²) in [6.45, 7) is 4.72. The Morgan fingerprint density at radius 3 is 2.54 bits per heavy atom. The Labute approximate surface area is 166 Å². The average molecular weight is 380 g/mol. The molecule has 0 spiro atoms. The first-order chi connectivity index (χ1) is 13.5. The van der Waals surface area contributed by atoms with E-state index in [9.17, 15) is 4.79 Å². The highest BCUT2D eigenvalue weighted by molar-refractivity contribution is 5.75. The van der Waals surface area contributed by atoms with Crippen molar-refractivity contribution < 1.29 is 9.53 Å². The zero-order chi connectivity index (χ0) is 19.8. The van der Waals surface area contributed by atoms with Gasteiger partial charge in [-0.1, -0.05) is 12.1 Å². The normalized spacial score (nSPS) is 23.6. The number of nitrogens with zero attached hydrogens (tertiary/aromatic N) is 4. The number of pyridine rings is 1. The summed E-state index contributed by atoms with van der Waals surface area (Å²) in [4.78, 5) is 23.5. The van der Waals surface area contributed by atoms with Gasteiger partial charge < -0.3 is 19.4 Å². The first-order valence-corrected chi connectivity index (χ1v) is 9.77. The van der Waals surface area contributed by atoms with Crippen LogP contribution in [0.5, 0.6) is 5.75 Å². The maximum Gasteiger partial charge on any atom is 0.320 e. The first kappa shape index (κ1) is 18.6. The number of aryl methyl sites for hydroxylation is 1. The van der Waals surface area contributed by atoms with E-state index in [2.05, 4.69) is 35.0 Å². The summed E-state index contributed by atoms with van der Waals surface area (Å²) in [5.41, 5.74) is 2.39. The average Bonchev–Trinajstić information content (AvgIpc) is 3.25. The van der Waals surface area contributed by atoms with Crippen molar-refractivity contribution in [2.45, 2.75) is 13.0 Å². The van der Waals surface area contributed by atoms with E-state index >= 15 is 0 Å². The number of benzene rings is 1. The molecule has 2 aliphatic heterocycles. The summed E-state index contributed by atoms with van der Waals surface area (Å²) in [5.74, 6) is 2.70. The second-order valence-corrected chi connectivity index (χ2v) is 8.07. The van der Waals surface area contributed by atoms with Crippen LogP contribution >= 0.6 is 0 Å². The summed E-state index contributed by atoms with van der Waals surface area (Å²) in [6.07, 6.45) is 1.88. The molecule has 2 saturated heterocycles. The highest BCUT2D eigenvalue weighted by Crippen LogP contribution is 2.46. The molecule has 4 rings (SSSR count). The summed E-state index contributed by atoms with van der Waals surface area (Å²) in [6, 6.07) is 12.5. The Bertz CT molecular complexity index is 852. The third-order valence-electron chi connectivity index (χ3n) is 5.97. The Morgan fingerprint density at radius 2 is 1.89 bits per heavy atom. The lowest BCUT2D eigenvalue weighted by molar-refractivity contribution is 0.159. The van der Waals surface area contributed by atoms with Crippen molar-refractivity contribution in [2.75, 3.05) is 45.7 Å². The molecule has 3 atom stereocenters. The SMILES string of the molecule is COc1ccc([C@H]2[C@@H]3CN(c4cc(C)ccn4)C[C@@H]3CN2C(=O)N(C)C)cc1. The molecule has 1 aromatic carbocycles. The molecular weight excluding hydrogens is 352 g/mol. The summed E-state index contributed by atoms with van der Waals surface area (Å²) in [7, 11) is 5.32. The number of urea groups is 1. The number of ether oxygens (including phenoxy) is 1. The lowest BCUT2D eigenvalue weighted by Gasteiger charge is -2.32. The number of methoxy groups -OCH3 is 1. The minimum absolute atomic E-state index is 0.0700. The Hall–Kier alpha value is -2.76. The molecule has 0 aliphatic carbocycles. The van der Waals surface area contributed by atoms with Crippen molar-refractivity contribution in [3.05, 3.63) is 53.7 Å². The fourth-order valence-electron chi connectivity index (χ4n) is 4.61. The molecule has 0 radical (unpaired) electrons. The maximum absolute atomic E-state index is 12.9. The predicted octanol–water partition coefficient (Wildman–Crippen LogP) is 3.19. The number of carbonyl (C=O) groups excluding carboxylic acids is 1. The van der Waals surface area contributed by atoms with E-state index in [0.29, 0.717) is 11.8 Å². The third kappa shape index (κ3) is 3.28. The molecule has 3 heterocycles. The number of anilines is 1. The van der Waals surface area contributed by atoms with Crippen LogP contribution in [0.1, 0.15) is 17.2 Å². The minimum atomic E-state index is 0.0700. The molecule has 0 bridgehead atoms. The van der Waals surface area contributed by atoms with Crippen LogP contribution in [0.2, 0.25) is 0 Å². The van der Waals surface area contributed by atoms with Crippen LogP contribution in [-0.4, -0.2) is 61.7 Å². The quantitative estimate of drug-likeness (QED) is 0.821. The van der Waals surface area contributed by atoms with E-state index in [0.717, 1.165) is 31.2 Å². The van der Waals surface area contributed by atoms with Crippen molar-refractivity contribution >= 4 is 11.8 Å². The van der Waals surface area contributed by atoms with Gasteiger partial charge in [0.25, 0.3) is 0 Å². The summed E-state index contributed by atoms with van der Waals surface area (Å²) in [5, 5.41) is 0. The van der Waals surface area contributed by atoms with Crippen molar-refractivity contribution in [1.82, 2.24) is 14.8 Å². The zero-order valence-corrected chi connectivity index (χ0v) is 17.0. The van der Waals surface area contributed by atoms with Crippen LogP contribution in [0.15, 0.2) is 42.6 Å². The van der Waals surface area contributed by atoms with Crippen LogP contribution in [0, 0.1) is 18.8 Å². The summed E-state index contributed by atoms with van der Waals surface area (Å²) < 4.78 is 5.31. The van der Waals surface area contributed by atoms with Crippen LogP contribution in [0.25, 0.3) is 0 Å². The second kappa shape index (κ2) is 7.34.